The Morgan fingerprint density at radius 1 is 0.923 bits per heavy atom. The lowest BCUT2D eigenvalue weighted by Crippen LogP contribution is -2.05. The van der Waals surface area contributed by atoms with Crippen LogP contribution in [-0.4, -0.2) is 25.4 Å². The van der Waals surface area contributed by atoms with Crippen LogP contribution in [0, 0.1) is 5.82 Å². The molecule has 0 aliphatic carbocycles. The first kappa shape index (κ1) is 15.9. The van der Waals surface area contributed by atoms with E-state index >= 15 is 0 Å². The molecule has 128 valence electrons. The number of hydrogen-bond acceptors (Lipinski definition) is 5. The van der Waals surface area contributed by atoms with Crippen LogP contribution in [0.2, 0.25) is 0 Å². The van der Waals surface area contributed by atoms with E-state index < -0.39 is 0 Å². The summed E-state index contributed by atoms with van der Waals surface area (Å²) in [6.07, 6.45) is 1.50. The molecule has 0 bridgehead atoms. The molecule has 0 aliphatic rings. The highest BCUT2D eigenvalue weighted by atomic mass is 19.1. The Hall–Kier alpha value is -3.61. The predicted octanol–water partition coefficient (Wildman–Crippen LogP) is 3.68. The van der Waals surface area contributed by atoms with Crippen molar-refractivity contribution in [3.8, 4) is 22.5 Å². The Morgan fingerprint density at radius 2 is 1.77 bits per heavy atom. The molecule has 26 heavy (non-hydrogen) atoms. The lowest BCUT2D eigenvalue weighted by molar-refractivity contribution is 0.628. The van der Waals surface area contributed by atoms with E-state index in [2.05, 4.69) is 30.7 Å². The van der Waals surface area contributed by atoms with Crippen LogP contribution in [0.3, 0.4) is 0 Å². The van der Waals surface area contributed by atoms with Gasteiger partial charge in [-0.15, -0.1) is 5.10 Å². The lowest BCUT2D eigenvalue weighted by Gasteiger charge is -2.04. The third-order valence-electron chi connectivity index (χ3n) is 3.82. The van der Waals surface area contributed by atoms with Crippen molar-refractivity contribution in [1.82, 2.24) is 25.4 Å². The Bertz CT molecular complexity index is 1020. The van der Waals surface area contributed by atoms with Crippen molar-refractivity contribution >= 4 is 5.95 Å². The van der Waals surface area contributed by atoms with E-state index in [0.717, 1.165) is 17.0 Å². The third-order valence-corrected chi connectivity index (χ3v) is 3.82. The van der Waals surface area contributed by atoms with Gasteiger partial charge in [0.1, 0.15) is 5.82 Å². The molecule has 0 aliphatic heterocycles. The van der Waals surface area contributed by atoms with Crippen molar-refractivity contribution in [3.63, 3.8) is 0 Å². The number of nitrogens with zero attached hydrogens (tertiary/aromatic N) is 4. The number of H-pyrrole nitrogens is 1. The zero-order valence-corrected chi connectivity index (χ0v) is 13.7. The molecule has 4 rings (SSSR count). The number of halogens is 1. The van der Waals surface area contributed by atoms with Crippen LogP contribution in [-0.2, 0) is 6.54 Å². The Kier molecular flexibility index (Phi) is 4.34. The van der Waals surface area contributed by atoms with Crippen LogP contribution in [0.4, 0.5) is 10.3 Å². The van der Waals surface area contributed by atoms with E-state index in [0.29, 0.717) is 23.8 Å². The van der Waals surface area contributed by atoms with Gasteiger partial charge in [-0.2, -0.15) is 10.2 Å². The molecule has 6 nitrogen and oxygen atoms in total. The summed E-state index contributed by atoms with van der Waals surface area (Å²) in [4.78, 5) is 4.38. The van der Waals surface area contributed by atoms with Gasteiger partial charge in [0.05, 0.1) is 29.8 Å². The van der Waals surface area contributed by atoms with E-state index in [1.54, 1.807) is 12.1 Å². The molecule has 0 saturated carbocycles. The maximum atomic E-state index is 13.4. The van der Waals surface area contributed by atoms with Crippen molar-refractivity contribution in [2.45, 2.75) is 6.54 Å². The van der Waals surface area contributed by atoms with Gasteiger partial charge in [0, 0.05) is 11.1 Å². The van der Waals surface area contributed by atoms with Crippen LogP contribution >= 0.6 is 0 Å². The smallest absolute Gasteiger partial charge is 0.243 e. The van der Waals surface area contributed by atoms with Crippen LogP contribution in [0.1, 0.15) is 5.69 Å². The van der Waals surface area contributed by atoms with Gasteiger partial charge in [0.2, 0.25) is 5.95 Å². The molecule has 2 aromatic carbocycles. The first-order valence-electron chi connectivity index (χ1n) is 8.07. The normalized spacial score (nSPS) is 10.7. The highest BCUT2D eigenvalue weighted by Gasteiger charge is 2.07. The van der Waals surface area contributed by atoms with Gasteiger partial charge >= 0.3 is 0 Å². The van der Waals surface area contributed by atoms with Gasteiger partial charge < -0.3 is 5.32 Å². The number of aromatic nitrogens is 5. The fourth-order valence-electron chi connectivity index (χ4n) is 2.55. The van der Waals surface area contributed by atoms with Gasteiger partial charge in [-0.25, -0.2) is 9.37 Å². The van der Waals surface area contributed by atoms with Gasteiger partial charge in [-0.05, 0) is 18.2 Å². The summed E-state index contributed by atoms with van der Waals surface area (Å²) in [6, 6.07) is 18.1. The van der Waals surface area contributed by atoms with E-state index in [1.807, 2.05) is 36.4 Å². The second-order valence-electron chi connectivity index (χ2n) is 5.67. The van der Waals surface area contributed by atoms with Crippen LogP contribution in [0.15, 0.2) is 66.9 Å². The number of rotatable bonds is 5. The SMILES string of the molecule is Fc1cccc(-c2cnnc(NCc3cc(-c4ccccc4)n[nH]3)n2)c1. The minimum absolute atomic E-state index is 0.318. The van der Waals surface area contributed by atoms with E-state index in [1.165, 1.54) is 18.3 Å². The topological polar surface area (TPSA) is 79.4 Å². The molecular formula is C19H15FN6. The molecule has 0 spiro atoms. The molecule has 0 fully saturated rings. The quantitative estimate of drug-likeness (QED) is 0.576. The van der Waals surface area contributed by atoms with Gasteiger partial charge in [0.25, 0.3) is 0 Å². The molecule has 4 aromatic rings. The standard InChI is InChI=1S/C19H15FN6/c20-15-8-4-7-14(9-15)18-12-22-26-19(23-18)21-11-16-10-17(25-24-16)13-5-2-1-3-6-13/h1-10,12H,11H2,(H,24,25)(H,21,23,26). The summed E-state index contributed by atoms with van der Waals surface area (Å²) in [5.41, 5.74) is 4.01. The number of aromatic amines is 1. The average molecular weight is 346 g/mol. The average Bonchev–Trinajstić information content (AvgIpc) is 3.16. The molecule has 0 amide bonds. The third kappa shape index (κ3) is 3.56. The molecule has 0 saturated heterocycles. The maximum Gasteiger partial charge on any atom is 0.243 e. The van der Waals surface area contributed by atoms with Gasteiger partial charge in [-0.3, -0.25) is 5.10 Å². The van der Waals surface area contributed by atoms with Gasteiger partial charge in [0.15, 0.2) is 0 Å². The monoisotopic (exact) mass is 346 g/mol. The zero-order chi connectivity index (χ0) is 17.8. The second kappa shape index (κ2) is 7.10. The van der Waals surface area contributed by atoms with Crippen molar-refractivity contribution in [2.24, 2.45) is 0 Å². The van der Waals surface area contributed by atoms with Crippen molar-refractivity contribution in [3.05, 3.63) is 78.4 Å². The summed E-state index contributed by atoms with van der Waals surface area (Å²) < 4.78 is 13.4. The van der Waals surface area contributed by atoms with E-state index in [4.69, 9.17) is 0 Å². The Balaban J connectivity index is 1.47. The lowest BCUT2D eigenvalue weighted by atomic mass is 10.1. The molecule has 2 aromatic heterocycles. The Morgan fingerprint density at radius 3 is 2.62 bits per heavy atom. The summed E-state index contributed by atoms with van der Waals surface area (Å²) >= 11 is 0. The van der Waals surface area contributed by atoms with E-state index in [-0.39, 0.29) is 5.82 Å². The first-order valence-corrected chi connectivity index (χ1v) is 8.07. The predicted molar refractivity (Wildman–Crippen MR) is 96.6 cm³/mol. The molecule has 2 N–H and O–H groups in total. The van der Waals surface area contributed by atoms with Crippen molar-refractivity contribution < 1.29 is 4.39 Å². The molecule has 7 heteroatoms. The molecule has 2 heterocycles. The molecule has 0 unspecified atom stereocenters. The molecule has 0 radical (unpaired) electrons. The van der Waals surface area contributed by atoms with Gasteiger partial charge in [-0.1, -0.05) is 42.5 Å². The minimum Gasteiger partial charge on any atom is -0.347 e. The first-order chi connectivity index (χ1) is 12.8. The summed E-state index contributed by atoms with van der Waals surface area (Å²) in [7, 11) is 0. The summed E-state index contributed by atoms with van der Waals surface area (Å²) in [5, 5.41) is 18.3. The minimum atomic E-state index is -0.318. The number of anilines is 1. The van der Waals surface area contributed by atoms with Crippen LogP contribution in [0.25, 0.3) is 22.5 Å². The Labute approximate surface area is 149 Å². The van der Waals surface area contributed by atoms with Crippen LogP contribution in [0.5, 0.6) is 0 Å². The fraction of sp³-hybridized carbons (Fsp3) is 0.0526. The van der Waals surface area contributed by atoms with Crippen molar-refractivity contribution in [2.75, 3.05) is 5.32 Å². The summed E-state index contributed by atoms with van der Waals surface area (Å²) in [5.74, 6) is 0.0455. The zero-order valence-electron chi connectivity index (χ0n) is 13.7. The molecular weight excluding hydrogens is 331 g/mol. The van der Waals surface area contributed by atoms with Crippen LogP contribution < -0.4 is 5.32 Å². The van der Waals surface area contributed by atoms with Crippen molar-refractivity contribution in [1.29, 1.82) is 0 Å². The number of nitrogens with one attached hydrogen (secondary N) is 2. The summed E-state index contributed by atoms with van der Waals surface area (Å²) in [6.45, 7) is 0.466. The maximum absolute atomic E-state index is 13.4. The fourth-order valence-corrected chi connectivity index (χ4v) is 2.55. The highest BCUT2D eigenvalue weighted by molar-refractivity contribution is 5.60. The largest absolute Gasteiger partial charge is 0.347 e. The number of benzene rings is 2. The molecule has 0 atom stereocenters. The second-order valence-corrected chi connectivity index (χ2v) is 5.67. The number of hydrogen-bond donors (Lipinski definition) is 2. The highest BCUT2D eigenvalue weighted by Crippen LogP contribution is 2.19. The van der Waals surface area contributed by atoms with E-state index in [9.17, 15) is 4.39 Å².